The van der Waals surface area contributed by atoms with Gasteiger partial charge in [-0.25, -0.2) is 4.98 Å². The number of nitrogens with one attached hydrogen (secondary N) is 3. The summed E-state index contributed by atoms with van der Waals surface area (Å²) in [6.07, 6.45) is 1.42. The minimum atomic E-state index is -1.77. The van der Waals surface area contributed by atoms with E-state index in [1.54, 1.807) is 0 Å². The van der Waals surface area contributed by atoms with Crippen molar-refractivity contribution in [3.05, 3.63) is 76.6 Å². The van der Waals surface area contributed by atoms with Crippen molar-refractivity contribution >= 4 is 23.8 Å². The summed E-state index contributed by atoms with van der Waals surface area (Å²) in [5.74, 6) is 0.873. The maximum Gasteiger partial charge on any atom is 0.346 e. The van der Waals surface area contributed by atoms with Crippen LogP contribution in [0.25, 0.3) is 22.2 Å². The van der Waals surface area contributed by atoms with E-state index in [0.29, 0.717) is 6.35 Å². The lowest BCUT2D eigenvalue weighted by atomic mass is 10.1. The largest absolute Gasteiger partial charge is 0.448 e. The third kappa shape index (κ3) is 3.83. The average molecular weight is 460 g/mol. The normalized spacial score (nSPS) is 18.6. The number of ether oxygens (including phenoxy) is 1. The third-order valence-corrected chi connectivity index (χ3v) is 8.67. The van der Waals surface area contributed by atoms with E-state index in [0.717, 1.165) is 47.5 Å². The molecule has 6 nitrogen and oxygen atoms in total. The summed E-state index contributed by atoms with van der Waals surface area (Å²) in [7, 11) is -1.77. The summed E-state index contributed by atoms with van der Waals surface area (Å²) in [5.41, 5.74) is 9.29. The van der Waals surface area contributed by atoms with Gasteiger partial charge in [-0.2, -0.15) is 0 Å². The molecule has 0 amide bonds. The van der Waals surface area contributed by atoms with Gasteiger partial charge in [0, 0.05) is 58.7 Å². The molecule has 7 heteroatoms. The minimum Gasteiger partial charge on any atom is -0.448 e. The number of fused-ring (bicyclic) bond motifs is 3. The van der Waals surface area contributed by atoms with Crippen LogP contribution in [0.4, 0.5) is 0 Å². The maximum atomic E-state index is 6.06. The maximum absolute atomic E-state index is 6.06. The fourth-order valence-electron chi connectivity index (χ4n) is 4.63. The van der Waals surface area contributed by atoms with E-state index in [9.17, 15) is 0 Å². The van der Waals surface area contributed by atoms with Crippen LogP contribution in [0.15, 0.2) is 48.5 Å². The van der Waals surface area contributed by atoms with Crippen molar-refractivity contribution < 1.29 is 9.36 Å². The van der Waals surface area contributed by atoms with Gasteiger partial charge in [-0.05, 0) is 44.0 Å². The number of aromatic nitrogens is 2. The fourth-order valence-corrected chi connectivity index (χ4v) is 6.64. The number of nitrogens with zero attached hydrogens (tertiary/aromatic N) is 1. The molecule has 2 aromatic carbocycles. The van der Waals surface area contributed by atoms with Crippen molar-refractivity contribution in [3.63, 3.8) is 0 Å². The molecule has 2 aromatic heterocycles. The highest BCUT2D eigenvalue weighted by Crippen LogP contribution is 2.71. The lowest BCUT2D eigenvalue weighted by Crippen LogP contribution is -2.18. The molecule has 4 aromatic rings. The molecule has 33 heavy (non-hydrogen) atoms. The number of rotatable bonds is 6. The fraction of sp³-hybridized carbons (Fsp3) is 0.269. The van der Waals surface area contributed by atoms with Crippen LogP contribution in [-0.4, -0.2) is 22.9 Å². The first kappa shape index (κ1) is 20.8. The molecule has 0 bridgehead atoms. The Labute approximate surface area is 194 Å². The second-order valence-electron chi connectivity index (χ2n) is 9.14. The van der Waals surface area contributed by atoms with Gasteiger partial charge in [-0.3, -0.25) is 0 Å². The van der Waals surface area contributed by atoms with Crippen LogP contribution in [0, 0.1) is 20.8 Å². The van der Waals surface area contributed by atoms with Gasteiger partial charge in [0.1, 0.15) is 5.69 Å². The first-order valence-electron chi connectivity index (χ1n) is 11.4. The summed E-state index contributed by atoms with van der Waals surface area (Å²) >= 11 is 0. The molecule has 3 N–H and O–H groups in total. The molecule has 1 fully saturated rings. The zero-order valence-corrected chi connectivity index (χ0v) is 20.1. The Morgan fingerprint density at radius 1 is 1.03 bits per heavy atom. The van der Waals surface area contributed by atoms with Crippen LogP contribution in [0.2, 0.25) is 0 Å². The quantitative estimate of drug-likeness (QED) is 0.218. The van der Waals surface area contributed by atoms with Gasteiger partial charge < -0.3 is 15.0 Å². The average Bonchev–Trinajstić information content (AvgIpc) is 3.33. The SMILES string of the molecule is Cc1ccc(-c2nc(CCNCc3cc4c(C)cc(C)cc4[nH]3)cc3c2OC[P+]32NO2)cc1. The van der Waals surface area contributed by atoms with E-state index in [-0.39, 0.29) is 0 Å². The monoisotopic (exact) mass is 459 g/mol. The Morgan fingerprint density at radius 2 is 1.85 bits per heavy atom. The summed E-state index contributed by atoms with van der Waals surface area (Å²) in [4.78, 5) is 8.55. The Kier molecular flexibility index (Phi) is 5.00. The predicted molar refractivity (Wildman–Crippen MR) is 134 cm³/mol. The van der Waals surface area contributed by atoms with Gasteiger partial charge in [0.2, 0.25) is 6.35 Å². The summed E-state index contributed by atoms with van der Waals surface area (Å²) in [6.45, 7) is 8.04. The van der Waals surface area contributed by atoms with Crippen LogP contribution in [0.1, 0.15) is 28.1 Å². The molecule has 0 saturated carbocycles. The molecule has 168 valence electrons. The van der Waals surface area contributed by atoms with Crippen molar-refractivity contribution in [1.82, 2.24) is 20.5 Å². The van der Waals surface area contributed by atoms with Crippen molar-refractivity contribution in [2.24, 2.45) is 0 Å². The van der Waals surface area contributed by atoms with E-state index in [1.807, 2.05) is 0 Å². The van der Waals surface area contributed by atoms with E-state index >= 15 is 0 Å². The zero-order valence-electron chi connectivity index (χ0n) is 19.2. The van der Waals surface area contributed by atoms with Crippen LogP contribution in [0.3, 0.4) is 0 Å². The number of pyridine rings is 1. The van der Waals surface area contributed by atoms with E-state index in [1.165, 1.54) is 33.3 Å². The van der Waals surface area contributed by atoms with E-state index in [2.05, 4.69) is 84.9 Å². The highest BCUT2D eigenvalue weighted by molar-refractivity contribution is 7.81. The lowest BCUT2D eigenvalue weighted by Gasteiger charge is -2.09. The molecule has 0 radical (unpaired) electrons. The van der Waals surface area contributed by atoms with Gasteiger partial charge >= 0.3 is 7.64 Å². The van der Waals surface area contributed by atoms with Crippen molar-refractivity contribution in [2.45, 2.75) is 33.7 Å². The number of H-pyrrole nitrogens is 1. The highest BCUT2D eigenvalue weighted by atomic mass is 31.2. The topological polar surface area (TPSA) is 84.4 Å². The molecule has 1 atom stereocenters. The summed E-state index contributed by atoms with van der Waals surface area (Å²) < 4.78 is 11.7. The van der Waals surface area contributed by atoms with Crippen LogP contribution in [0.5, 0.6) is 5.75 Å². The van der Waals surface area contributed by atoms with Gasteiger partial charge in [0.15, 0.2) is 11.1 Å². The lowest BCUT2D eigenvalue weighted by molar-refractivity contribution is 0.395. The van der Waals surface area contributed by atoms with Crippen LogP contribution in [-0.2, 0) is 17.6 Å². The second kappa shape index (κ2) is 7.93. The zero-order chi connectivity index (χ0) is 22.6. The molecule has 2 aliphatic rings. The smallest absolute Gasteiger partial charge is 0.346 e. The summed E-state index contributed by atoms with van der Waals surface area (Å²) in [5, 5.41) is 9.16. The minimum absolute atomic E-state index is 0.587. The molecule has 6 rings (SSSR count). The molecule has 2 aliphatic heterocycles. The highest BCUT2D eigenvalue weighted by Gasteiger charge is 2.67. The first-order valence-corrected chi connectivity index (χ1v) is 13.3. The van der Waals surface area contributed by atoms with E-state index in [4.69, 9.17) is 14.3 Å². The van der Waals surface area contributed by atoms with Crippen molar-refractivity contribution in [3.8, 4) is 17.0 Å². The number of hydrogen-bond donors (Lipinski definition) is 3. The molecule has 0 aliphatic carbocycles. The van der Waals surface area contributed by atoms with Gasteiger partial charge in [-0.1, -0.05) is 40.5 Å². The molecule has 1 unspecified atom stereocenters. The third-order valence-electron chi connectivity index (χ3n) is 6.44. The Morgan fingerprint density at radius 3 is 2.64 bits per heavy atom. The van der Waals surface area contributed by atoms with Gasteiger partial charge in [0.05, 0.1) is 0 Å². The van der Waals surface area contributed by atoms with Crippen LogP contribution >= 0.6 is 7.64 Å². The molecule has 1 spiro atoms. The van der Waals surface area contributed by atoms with E-state index < -0.39 is 7.64 Å². The molecular formula is C26H28N4O2P+. The molecule has 4 heterocycles. The number of benzene rings is 2. The Bertz CT molecular complexity index is 1360. The number of aromatic amines is 1. The summed E-state index contributed by atoms with van der Waals surface area (Å²) in [6, 6.07) is 17.3. The number of hydrogen-bond acceptors (Lipinski definition) is 5. The van der Waals surface area contributed by atoms with Crippen molar-refractivity contribution in [1.29, 1.82) is 0 Å². The molecular weight excluding hydrogens is 431 g/mol. The standard InChI is InChI=1S/C26H28N4O2P/c1-16-4-6-19(7-5-16)25-26-24(33(15-31-26)30-32-33)13-20(29-25)8-9-27-14-21-12-22-18(3)10-17(2)11-23(22)28-21/h4-7,10-13,27-28,30H,8-9,14-15H2,1-3H3/q+1. The Balaban J connectivity index is 1.20. The Hall–Kier alpha value is -2.76. The van der Waals surface area contributed by atoms with Gasteiger partial charge in [0.25, 0.3) is 0 Å². The second-order valence-corrected chi connectivity index (χ2v) is 11.7. The molecule has 1 saturated heterocycles. The van der Waals surface area contributed by atoms with Crippen LogP contribution < -0.4 is 20.6 Å². The first-order chi connectivity index (χ1) is 16.0. The van der Waals surface area contributed by atoms with Gasteiger partial charge in [-0.15, -0.1) is 0 Å². The number of aryl methyl sites for hydroxylation is 3. The predicted octanol–water partition coefficient (Wildman–Crippen LogP) is 4.85. The van der Waals surface area contributed by atoms with Crippen molar-refractivity contribution in [2.75, 3.05) is 12.9 Å².